The van der Waals surface area contributed by atoms with Gasteiger partial charge in [-0.2, -0.15) is 0 Å². The van der Waals surface area contributed by atoms with Crippen LogP contribution >= 0.6 is 0 Å². The molecule has 1 aliphatic rings. The van der Waals surface area contributed by atoms with E-state index in [0.717, 1.165) is 0 Å². The topological polar surface area (TPSA) is 92.5 Å². The molecule has 4 nitrogen and oxygen atoms in total. The van der Waals surface area contributed by atoms with Crippen LogP contribution in [0.15, 0.2) is 0 Å². The average molecular weight is 146 g/mol. The molecule has 4 atom stereocenters. The summed E-state index contributed by atoms with van der Waals surface area (Å²) in [4.78, 5) is 0. The molecule has 0 aromatic carbocycles. The Morgan fingerprint density at radius 1 is 1.10 bits per heavy atom. The Bertz CT molecular complexity index is 108. The fourth-order valence-corrected chi connectivity index (χ4v) is 1.32. The molecule has 0 bridgehead atoms. The third kappa shape index (κ3) is 1.46. The minimum absolute atomic E-state index is 0.0617. The smallest absolute Gasteiger partial charge is 0.0950 e. The summed E-state index contributed by atoms with van der Waals surface area (Å²) < 4.78 is 0. The zero-order valence-corrected chi connectivity index (χ0v) is 5.77. The molecule has 0 heterocycles. The van der Waals surface area contributed by atoms with E-state index in [1.165, 1.54) is 0 Å². The van der Waals surface area contributed by atoms with E-state index in [4.69, 9.17) is 21.7 Å². The van der Waals surface area contributed by atoms with Gasteiger partial charge in [-0.15, -0.1) is 0 Å². The number of aliphatic hydroxyl groups excluding tert-OH is 2. The van der Waals surface area contributed by atoms with Gasteiger partial charge in [-0.1, -0.05) is 0 Å². The Morgan fingerprint density at radius 3 is 2.20 bits per heavy atom. The summed E-state index contributed by atoms with van der Waals surface area (Å²) in [6.07, 6.45) is -0.480. The van der Waals surface area contributed by atoms with E-state index < -0.39 is 12.2 Å². The van der Waals surface area contributed by atoms with Gasteiger partial charge in [0, 0.05) is 12.1 Å². The third-order valence-electron chi connectivity index (χ3n) is 1.95. The highest BCUT2D eigenvalue weighted by Crippen LogP contribution is 2.16. The summed E-state index contributed by atoms with van der Waals surface area (Å²) in [6.45, 7) is 0. The summed E-state index contributed by atoms with van der Waals surface area (Å²) >= 11 is 0. The number of rotatable bonds is 0. The summed E-state index contributed by atoms with van der Waals surface area (Å²) in [5.74, 6) is 0. The quantitative estimate of drug-likeness (QED) is 0.323. The normalized spacial score (nSPS) is 49.2. The van der Waals surface area contributed by atoms with E-state index in [-0.39, 0.29) is 12.1 Å². The lowest BCUT2D eigenvalue weighted by atomic mass is 9.87. The predicted octanol–water partition coefficient (Wildman–Crippen LogP) is -1.84. The van der Waals surface area contributed by atoms with E-state index in [1.807, 2.05) is 0 Å². The zero-order valence-electron chi connectivity index (χ0n) is 5.77. The molecule has 1 rings (SSSR count). The Hall–Kier alpha value is -0.160. The SMILES string of the molecule is N[C@H]1C[C@@H](N)[C@H](O)[C@H](O)C1. The first kappa shape index (κ1) is 7.94. The number of hydrogen-bond acceptors (Lipinski definition) is 4. The summed E-state index contributed by atoms with van der Waals surface area (Å²) in [7, 11) is 0. The first-order valence-corrected chi connectivity index (χ1v) is 3.48. The predicted molar refractivity (Wildman–Crippen MR) is 37.2 cm³/mol. The molecule has 0 radical (unpaired) electrons. The molecular weight excluding hydrogens is 132 g/mol. The fourth-order valence-electron chi connectivity index (χ4n) is 1.32. The first-order valence-electron chi connectivity index (χ1n) is 3.48. The van der Waals surface area contributed by atoms with Crippen LogP contribution in [-0.2, 0) is 0 Å². The van der Waals surface area contributed by atoms with Crippen LogP contribution in [-0.4, -0.2) is 34.5 Å². The van der Waals surface area contributed by atoms with Crippen LogP contribution in [0, 0.1) is 0 Å². The van der Waals surface area contributed by atoms with Crippen molar-refractivity contribution in [3.05, 3.63) is 0 Å². The van der Waals surface area contributed by atoms with Crippen molar-refractivity contribution < 1.29 is 10.2 Å². The van der Waals surface area contributed by atoms with E-state index in [1.54, 1.807) is 0 Å². The number of hydrogen-bond donors (Lipinski definition) is 4. The van der Waals surface area contributed by atoms with Crippen molar-refractivity contribution in [3.63, 3.8) is 0 Å². The van der Waals surface area contributed by atoms with Crippen molar-refractivity contribution >= 4 is 0 Å². The lowest BCUT2D eigenvalue weighted by molar-refractivity contribution is -0.0259. The van der Waals surface area contributed by atoms with Crippen molar-refractivity contribution in [2.24, 2.45) is 11.5 Å². The summed E-state index contributed by atoms with van der Waals surface area (Å²) in [5.41, 5.74) is 11.0. The second-order valence-corrected chi connectivity index (χ2v) is 2.95. The first-order chi connectivity index (χ1) is 4.61. The van der Waals surface area contributed by atoms with Crippen molar-refractivity contribution in [1.82, 2.24) is 0 Å². The Balaban J connectivity index is 2.49. The molecule has 1 saturated carbocycles. The molecule has 0 saturated heterocycles. The average Bonchev–Trinajstić information content (AvgIpc) is 1.82. The fraction of sp³-hybridized carbons (Fsp3) is 1.00. The van der Waals surface area contributed by atoms with Gasteiger partial charge in [-0.05, 0) is 12.8 Å². The maximum Gasteiger partial charge on any atom is 0.0950 e. The van der Waals surface area contributed by atoms with Gasteiger partial charge < -0.3 is 21.7 Å². The summed E-state index contributed by atoms with van der Waals surface area (Å²) in [5, 5.41) is 18.2. The van der Waals surface area contributed by atoms with E-state index in [2.05, 4.69) is 0 Å². The van der Waals surface area contributed by atoms with Gasteiger partial charge >= 0.3 is 0 Å². The lowest BCUT2D eigenvalue weighted by Crippen LogP contribution is -2.52. The second-order valence-electron chi connectivity index (χ2n) is 2.95. The molecule has 0 aromatic heterocycles. The molecule has 1 fully saturated rings. The largest absolute Gasteiger partial charge is 0.390 e. The van der Waals surface area contributed by atoms with Gasteiger partial charge in [0.05, 0.1) is 12.2 Å². The van der Waals surface area contributed by atoms with Crippen LogP contribution in [0.1, 0.15) is 12.8 Å². The Labute approximate surface area is 59.8 Å². The van der Waals surface area contributed by atoms with Gasteiger partial charge in [0.25, 0.3) is 0 Å². The summed E-state index contributed by atoms with van der Waals surface area (Å²) in [6, 6.07) is -0.424. The zero-order chi connectivity index (χ0) is 7.72. The highest BCUT2D eigenvalue weighted by atomic mass is 16.3. The van der Waals surface area contributed by atoms with Crippen LogP contribution in [0.3, 0.4) is 0 Å². The molecule has 10 heavy (non-hydrogen) atoms. The van der Waals surface area contributed by atoms with Crippen molar-refractivity contribution in [2.75, 3.05) is 0 Å². The maximum absolute atomic E-state index is 9.13. The molecule has 0 spiro atoms. The van der Waals surface area contributed by atoms with Crippen LogP contribution in [0.25, 0.3) is 0 Å². The minimum atomic E-state index is -0.792. The number of nitrogens with two attached hydrogens (primary N) is 2. The molecule has 1 aliphatic carbocycles. The molecule has 60 valence electrons. The monoisotopic (exact) mass is 146 g/mol. The van der Waals surface area contributed by atoms with Gasteiger partial charge in [-0.3, -0.25) is 0 Å². The highest BCUT2D eigenvalue weighted by Gasteiger charge is 2.31. The molecule has 4 heteroatoms. The van der Waals surface area contributed by atoms with Crippen LogP contribution in [0.5, 0.6) is 0 Å². The molecule has 0 amide bonds. The second kappa shape index (κ2) is 2.84. The molecular formula is C6H14N2O2. The third-order valence-corrected chi connectivity index (χ3v) is 1.95. The van der Waals surface area contributed by atoms with Crippen molar-refractivity contribution in [2.45, 2.75) is 37.1 Å². The van der Waals surface area contributed by atoms with Crippen molar-refractivity contribution in [3.8, 4) is 0 Å². The van der Waals surface area contributed by atoms with Gasteiger partial charge in [0.2, 0.25) is 0 Å². The van der Waals surface area contributed by atoms with E-state index >= 15 is 0 Å². The van der Waals surface area contributed by atoms with Gasteiger partial charge in [-0.25, -0.2) is 0 Å². The molecule has 6 N–H and O–H groups in total. The van der Waals surface area contributed by atoms with Gasteiger partial charge in [0.1, 0.15) is 0 Å². The Morgan fingerprint density at radius 2 is 1.70 bits per heavy atom. The van der Waals surface area contributed by atoms with Crippen LogP contribution in [0.4, 0.5) is 0 Å². The van der Waals surface area contributed by atoms with Crippen molar-refractivity contribution in [1.29, 1.82) is 0 Å². The van der Waals surface area contributed by atoms with Crippen LogP contribution in [0.2, 0.25) is 0 Å². The molecule has 0 aromatic rings. The van der Waals surface area contributed by atoms with Gasteiger partial charge in [0.15, 0.2) is 0 Å². The van der Waals surface area contributed by atoms with E-state index in [0.29, 0.717) is 12.8 Å². The Kier molecular flexibility index (Phi) is 2.25. The number of aliphatic hydroxyl groups is 2. The minimum Gasteiger partial charge on any atom is -0.390 e. The standard InChI is InChI=1S/C6H14N2O2/c7-3-1-4(8)6(10)5(9)2-3/h3-6,9-10H,1-2,7-8H2/t3-,4+,5+,6-/m0/s1. The highest BCUT2D eigenvalue weighted by molar-refractivity contribution is 4.89. The maximum atomic E-state index is 9.13. The van der Waals surface area contributed by atoms with Crippen LogP contribution < -0.4 is 11.5 Å². The lowest BCUT2D eigenvalue weighted by Gasteiger charge is -2.32. The van der Waals surface area contributed by atoms with E-state index in [9.17, 15) is 0 Å². The molecule has 0 aliphatic heterocycles. The molecule has 0 unspecified atom stereocenters.